The summed E-state index contributed by atoms with van der Waals surface area (Å²) in [6.45, 7) is 4.66. The van der Waals surface area contributed by atoms with Gasteiger partial charge in [0.2, 0.25) is 5.91 Å². The van der Waals surface area contributed by atoms with Crippen molar-refractivity contribution >= 4 is 11.8 Å². The highest BCUT2D eigenvalue weighted by atomic mass is 16.5. The monoisotopic (exact) mass is 334 g/mol. The lowest BCUT2D eigenvalue weighted by molar-refractivity contribution is -0.140. The van der Waals surface area contributed by atoms with E-state index in [-0.39, 0.29) is 17.9 Å². The number of fused-ring (bicyclic) bond motifs is 1. The van der Waals surface area contributed by atoms with Crippen LogP contribution in [0.2, 0.25) is 0 Å². The number of ether oxygens (including phenoxy) is 1. The lowest BCUT2D eigenvalue weighted by Gasteiger charge is -2.47. The van der Waals surface area contributed by atoms with Gasteiger partial charge in [-0.1, -0.05) is 0 Å². The van der Waals surface area contributed by atoms with E-state index in [9.17, 15) is 9.59 Å². The summed E-state index contributed by atoms with van der Waals surface area (Å²) < 4.78 is 10.4. The fourth-order valence-electron chi connectivity index (χ4n) is 3.98. The Hall–Kier alpha value is -1.82. The van der Waals surface area contributed by atoms with E-state index in [1.165, 1.54) is 0 Å². The number of piperidine rings is 2. The zero-order chi connectivity index (χ0) is 17.1. The van der Waals surface area contributed by atoms with Crippen molar-refractivity contribution in [2.75, 3.05) is 33.4 Å². The quantitative estimate of drug-likeness (QED) is 0.774. The highest BCUT2D eigenvalue weighted by Gasteiger charge is 2.40. The second-order valence-corrected chi connectivity index (χ2v) is 6.73. The van der Waals surface area contributed by atoms with Gasteiger partial charge in [-0.2, -0.15) is 0 Å². The number of amides is 2. The number of hydrogen-bond donors (Lipinski definition) is 0. The number of nitrogens with zero attached hydrogens (tertiary/aromatic N) is 2. The van der Waals surface area contributed by atoms with Crippen LogP contribution in [0.15, 0.2) is 16.7 Å². The zero-order valence-electron chi connectivity index (χ0n) is 14.5. The van der Waals surface area contributed by atoms with Gasteiger partial charge in [-0.25, -0.2) is 0 Å². The smallest absolute Gasteiger partial charge is 0.257 e. The van der Waals surface area contributed by atoms with Crippen LogP contribution < -0.4 is 0 Å². The molecule has 2 fully saturated rings. The fourth-order valence-corrected chi connectivity index (χ4v) is 3.98. The van der Waals surface area contributed by atoms with Crippen molar-refractivity contribution in [1.82, 2.24) is 9.80 Å². The van der Waals surface area contributed by atoms with Crippen LogP contribution in [0.3, 0.4) is 0 Å². The molecule has 132 valence electrons. The lowest BCUT2D eigenvalue weighted by Crippen LogP contribution is -2.57. The van der Waals surface area contributed by atoms with Crippen LogP contribution in [-0.2, 0) is 9.53 Å². The molecule has 1 aromatic rings. The number of carbonyl (C=O) groups is 2. The second kappa shape index (κ2) is 7.38. The third kappa shape index (κ3) is 3.34. The molecule has 0 bridgehead atoms. The van der Waals surface area contributed by atoms with E-state index >= 15 is 0 Å². The Bertz CT molecular complexity index is 598. The fraction of sp³-hybridized carbons (Fsp3) is 0.667. The molecule has 1 aromatic heterocycles. The van der Waals surface area contributed by atoms with Gasteiger partial charge in [-0.15, -0.1) is 0 Å². The molecule has 2 aliphatic rings. The first-order chi connectivity index (χ1) is 11.6. The molecule has 0 spiro atoms. The minimum atomic E-state index is 0.0440. The number of carbonyl (C=O) groups excluding carboxylic acids is 2. The molecule has 0 aromatic carbocycles. The molecule has 24 heavy (non-hydrogen) atoms. The van der Waals surface area contributed by atoms with Crippen molar-refractivity contribution in [1.29, 1.82) is 0 Å². The van der Waals surface area contributed by atoms with Crippen LogP contribution in [0.4, 0.5) is 0 Å². The minimum Gasteiger partial charge on any atom is -0.469 e. The standard InChI is InChI=1S/C18H26N2O4/c1-13-15(7-11-24-13)18(22)19-9-6-16-14(12-19)4-5-17(21)20(16)8-3-10-23-2/h7,11,14,16H,3-6,8-10,12H2,1-2H3/t14-,16+/m0/s1. The van der Waals surface area contributed by atoms with Gasteiger partial charge in [0.15, 0.2) is 0 Å². The Morgan fingerprint density at radius 1 is 1.42 bits per heavy atom. The normalized spacial score (nSPS) is 24.2. The van der Waals surface area contributed by atoms with Gasteiger partial charge >= 0.3 is 0 Å². The maximum atomic E-state index is 12.7. The van der Waals surface area contributed by atoms with Crippen LogP contribution in [0.25, 0.3) is 0 Å². The summed E-state index contributed by atoms with van der Waals surface area (Å²) in [5.74, 6) is 1.33. The van der Waals surface area contributed by atoms with E-state index in [0.29, 0.717) is 36.8 Å². The Morgan fingerprint density at radius 3 is 2.96 bits per heavy atom. The summed E-state index contributed by atoms with van der Waals surface area (Å²) >= 11 is 0. The van der Waals surface area contributed by atoms with Crippen molar-refractivity contribution in [3.63, 3.8) is 0 Å². The van der Waals surface area contributed by atoms with Gasteiger partial charge < -0.3 is 19.0 Å². The lowest BCUT2D eigenvalue weighted by atomic mass is 9.83. The third-order valence-electron chi connectivity index (χ3n) is 5.27. The van der Waals surface area contributed by atoms with E-state index in [1.54, 1.807) is 19.4 Å². The van der Waals surface area contributed by atoms with Crippen molar-refractivity contribution in [3.05, 3.63) is 23.7 Å². The number of methoxy groups -OCH3 is 1. The van der Waals surface area contributed by atoms with Crippen LogP contribution >= 0.6 is 0 Å². The average Bonchev–Trinajstić information content (AvgIpc) is 3.02. The van der Waals surface area contributed by atoms with Gasteiger partial charge in [-0.3, -0.25) is 9.59 Å². The van der Waals surface area contributed by atoms with E-state index < -0.39 is 0 Å². The Labute approximate surface area is 142 Å². The van der Waals surface area contributed by atoms with Crippen molar-refractivity contribution in [2.24, 2.45) is 5.92 Å². The summed E-state index contributed by atoms with van der Waals surface area (Å²) in [5.41, 5.74) is 0.650. The zero-order valence-corrected chi connectivity index (χ0v) is 14.5. The molecular weight excluding hydrogens is 308 g/mol. The molecule has 2 aliphatic heterocycles. The first kappa shape index (κ1) is 17.0. The van der Waals surface area contributed by atoms with E-state index in [4.69, 9.17) is 9.15 Å². The van der Waals surface area contributed by atoms with Crippen LogP contribution in [-0.4, -0.2) is 61.0 Å². The molecule has 0 aliphatic carbocycles. The first-order valence-corrected chi connectivity index (χ1v) is 8.73. The second-order valence-electron chi connectivity index (χ2n) is 6.73. The van der Waals surface area contributed by atoms with Crippen LogP contribution in [0, 0.1) is 12.8 Å². The molecule has 2 atom stereocenters. The van der Waals surface area contributed by atoms with E-state index in [0.717, 1.165) is 32.4 Å². The van der Waals surface area contributed by atoms with E-state index in [1.807, 2.05) is 16.7 Å². The van der Waals surface area contributed by atoms with Gasteiger partial charge in [0.05, 0.1) is 11.8 Å². The Balaban J connectivity index is 1.65. The third-order valence-corrected chi connectivity index (χ3v) is 5.27. The van der Waals surface area contributed by atoms with Crippen LogP contribution in [0.1, 0.15) is 41.8 Å². The van der Waals surface area contributed by atoms with Gasteiger partial charge in [0.25, 0.3) is 5.91 Å². The molecule has 0 saturated carbocycles. The molecule has 6 heteroatoms. The topological polar surface area (TPSA) is 63.0 Å². The summed E-state index contributed by atoms with van der Waals surface area (Å²) in [6.07, 6.45) is 4.74. The molecule has 2 saturated heterocycles. The number of hydrogen-bond acceptors (Lipinski definition) is 4. The molecule has 0 N–H and O–H groups in total. The number of rotatable bonds is 5. The molecule has 6 nitrogen and oxygen atoms in total. The number of likely N-dealkylation sites (tertiary alicyclic amines) is 2. The minimum absolute atomic E-state index is 0.0440. The maximum absolute atomic E-state index is 12.7. The van der Waals surface area contributed by atoms with Gasteiger partial charge in [0.1, 0.15) is 5.76 Å². The predicted octanol–water partition coefficient (Wildman–Crippen LogP) is 2.08. The van der Waals surface area contributed by atoms with Gasteiger partial charge in [0, 0.05) is 45.8 Å². The maximum Gasteiger partial charge on any atom is 0.257 e. The predicted molar refractivity (Wildman–Crippen MR) is 88.7 cm³/mol. The first-order valence-electron chi connectivity index (χ1n) is 8.73. The van der Waals surface area contributed by atoms with Crippen LogP contribution in [0.5, 0.6) is 0 Å². The largest absolute Gasteiger partial charge is 0.469 e. The van der Waals surface area contributed by atoms with Crippen molar-refractivity contribution in [2.45, 2.75) is 38.6 Å². The van der Waals surface area contributed by atoms with Crippen molar-refractivity contribution < 1.29 is 18.7 Å². The van der Waals surface area contributed by atoms with Gasteiger partial charge in [-0.05, 0) is 38.2 Å². The summed E-state index contributed by atoms with van der Waals surface area (Å²) in [4.78, 5) is 28.9. The molecule has 0 radical (unpaired) electrons. The number of aryl methyl sites for hydroxylation is 1. The highest BCUT2D eigenvalue weighted by Crippen LogP contribution is 2.32. The van der Waals surface area contributed by atoms with E-state index in [2.05, 4.69) is 0 Å². The molecular formula is C18H26N2O4. The Kier molecular flexibility index (Phi) is 5.23. The molecule has 2 amide bonds. The Morgan fingerprint density at radius 2 is 2.25 bits per heavy atom. The SMILES string of the molecule is COCCCN1C(=O)CC[C@H]2CN(C(=O)c3ccoc3C)CC[C@H]21. The molecule has 3 rings (SSSR count). The highest BCUT2D eigenvalue weighted by molar-refractivity contribution is 5.95. The summed E-state index contributed by atoms with van der Waals surface area (Å²) in [7, 11) is 1.68. The molecule has 3 heterocycles. The summed E-state index contributed by atoms with van der Waals surface area (Å²) in [6, 6.07) is 2.00. The molecule has 0 unspecified atom stereocenters. The summed E-state index contributed by atoms with van der Waals surface area (Å²) in [5, 5.41) is 0. The number of furan rings is 1. The van der Waals surface area contributed by atoms with Crippen molar-refractivity contribution in [3.8, 4) is 0 Å². The average molecular weight is 334 g/mol.